The SMILES string of the molecule is COc1ccc(C2=CC=C(C)C=CC2)cc1. The van der Waals surface area contributed by atoms with Crippen molar-refractivity contribution in [3.63, 3.8) is 0 Å². The van der Waals surface area contributed by atoms with Crippen LogP contribution in [0.25, 0.3) is 5.57 Å². The molecule has 0 saturated heterocycles. The summed E-state index contributed by atoms with van der Waals surface area (Å²) in [5, 5.41) is 0. The molecule has 0 fully saturated rings. The molecule has 0 amide bonds. The minimum absolute atomic E-state index is 0.903. The third-order valence-corrected chi connectivity index (χ3v) is 2.73. The van der Waals surface area contributed by atoms with Crippen LogP contribution in [0.1, 0.15) is 18.9 Å². The molecule has 1 heteroatoms. The molecule has 0 unspecified atom stereocenters. The van der Waals surface area contributed by atoms with E-state index in [2.05, 4.69) is 43.4 Å². The molecule has 0 saturated carbocycles. The highest BCUT2D eigenvalue weighted by Gasteiger charge is 2.01. The Hall–Kier alpha value is -1.76. The van der Waals surface area contributed by atoms with Crippen LogP contribution in [-0.4, -0.2) is 7.11 Å². The number of benzene rings is 1. The maximum absolute atomic E-state index is 5.15. The van der Waals surface area contributed by atoms with Crippen LogP contribution in [0.15, 0.2) is 54.1 Å². The van der Waals surface area contributed by atoms with Gasteiger partial charge in [0, 0.05) is 0 Å². The van der Waals surface area contributed by atoms with E-state index in [9.17, 15) is 0 Å². The summed E-state index contributed by atoms with van der Waals surface area (Å²) in [6, 6.07) is 8.21. The summed E-state index contributed by atoms with van der Waals surface area (Å²) in [4.78, 5) is 0. The molecule has 82 valence electrons. The fraction of sp³-hybridized carbons (Fsp3) is 0.200. The molecular formula is C15H16O. The van der Waals surface area contributed by atoms with Crippen LogP contribution < -0.4 is 4.74 Å². The molecule has 0 bridgehead atoms. The van der Waals surface area contributed by atoms with E-state index in [4.69, 9.17) is 4.74 Å². The highest BCUT2D eigenvalue weighted by molar-refractivity contribution is 5.69. The van der Waals surface area contributed by atoms with E-state index < -0.39 is 0 Å². The van der Waals surface area contributed by atoms with Gasteiger partial charge in [-0.05, 0) is 36.6 Å². The largest absolute Gasteiger partial charge is 0.497 e. The monoisotopic (exact) mass is 212 g/mol. The summed E-state index contributed by atoms with van der Waals surface area (Å²) in [6.07, 6.45) is 9.70. The second-order valence-electron chi connectivity index (χ2n) is 3.94. The van der Waals surface area contributed by atoms with E-state index in [1.165, 1.54) is 16.7 Å². The standard InChI is InChI=1S/C15H16O/c1-12-4-3-5-13(7-6-12)14-8-10-15(16-2)11-9-14/h3-4,6-11H,5H2,1-2H3. The van der Waals surface area contributed by atoms with E-state index in [1.807, 2.05) is 12.1 Å². The molecule has 0 N–H and O–H groups in total. The minimum atomic E-state index is 0.903. The van der Waals surface area contributed by atoms with Crippen molar-refractivity contribution < 1.29 is 4.74 Å². The topological polar surface area (TPSA) is 9.23 Å². The van der Waals surface area contributed by atoms with Gasteiger partial charge < -0.3 is 4.74 Å². The van der Waals surface area contributed by atoms with Crippen molar-refractivity contribution in [2.75, 3.05) is 7.11 Å². The van der Waals surface area contributed by atoms with Crippen LogP contribution >= 0.6 is 0 Å². The molecular weight excluding hydrogens is 196 g/mol. The van der Waals surface area contributed by atoms with Crippen LogP contribution in [0, 0.1) is 0 Å². The Balaban J connectivity index is 2.27. The number of ether oxygens (including phenoxy) is 1. The summed E-state index contributed by atoms with van der Waals surface area (Å²) in [5.41, 5.74) is 3.90. The normalized spacial score (nSPS) is 15.1. The Morgan fingerprint density at radius 1 is 1.06 bits per heavy atom. The Morgan fingerprint density at radius 3 is 2.50 bits per heavy atom. The molecule has 0 atom stereocenters. The number of hydrogen-bond acceptors (Lipinski definition) is 1. The van der Waals surface area contributed by atoms with Gasteiger partial charge in [-0.2, -0.15) is 0 Å². The summed E-state index contributed by atoms with van der Waals surface area (Å²) in [7, 11) is 1.69. The predicted octanol–water partition coefficient (Wildman–Crippen LogP) is 3.98. The number of methoxy groups -OCH3 is 1. The van der Waals surface area contributed by atoms with Gasteiger partial charge in [0.25, 0.3) is 0 Å². The van der Waals surface area contributed by atoms with Gasteiger partial charge in [-0.1, -0.05) is 42.0 Å². The number of hydrogen-bond donors (Lipinski definition) is 0. The lowest BCUT2D eigenvalue weighted by Crippen LogP contribution is -1.85. The first-order valence-electron chi connectivity index (χ1n) is 5.48. The molecule has 0 heterocycles. The molecule has 2 rings (SSSR count). The van der Waals surface area contributed by atoms with E-state index in [0.29, 0.717) is 0 Å². The molecule has 1 aromatic rings. The number of allylic oxidation sites excluding steroid dienone is 6. The Kier molecular flexibility index (Phi) is 3.25. The van der Waals surface area contributed by atoms with Gasteiger partial charge in [-0.3, -0.25) is 0 Å². The molecule has 0 spiro atoms. The lowest BCUT2D eigenvalue weighted by molar-refractivity contribution is 0.415. The average molecular weight is 212 g/mol. The lowest BCUT2D eigenvalue weighted by Gasteiger charge is -2.05. The number of rotatable bonds is 2. The van der Waals surface area contributed by atoms with Crippen molar-refractivity contribution in [1.29, 1.82) is 0 Å². The zero-order valence-corrected chi connectivity index (χ0v) is 9.73. The van der Waals surface area contributed by atoms with Gasteiger partial charge in [-0.15, -0.1) is 0 Å². The van der Waals surface area contributed by atoms with Gasteiger partial charge in [0.1, 0.15) is 5.75 Å². The van der Waals surface area contributed by atoms with Crippen molar-refractivity contribution in [2.45, 2.75) is 13.3 Å². The van der Waals surface area contributed by atoms with Crippen LogP contribution in [-0.2, 0) is 0 Å². The van der Waals surface area contributed by atoms with E-state index in [0.717, 1.165) is 12.2 Å². The van der Waals surface area contributed by atoms with E-state index in [1.54, 1.807) is 7.11 Å². The molecule has 1 aromatic carbocycles. The minimum Gasteiger partial charge on any atom is -0.497 e. The van der Waals surface area contributed by atoms with Crippen LogP contribution in [0.4, 0.5) is 0 Å². The molecule has 16 heavy (non-hydrogen) atoms. The Labute approximate surface area is 96.8 Å². The third kappa shape index (κ3) is 2.43. The van der Waals surface area contributed by atoms with E-state index >= 15 is 0 Å². The summed E-state index contributed by atoms with van der Waals surface area (Å²) >= 11 is 0. The van der Waals surface area contributed by atoms with Gasteiger partial charge in [0.2, 0.25) is 0 Å². The predicted molar refractivity (Wildman–Crippen MR) is 68.5 cm³/mol. The lowest BCUT2D eigenvalue weighted by atomic mass is 10.0. The highest BCUT2D eigenvalue weighted by Crippen LogP contribution is 2.23. The van der Waals surface area contributed by atoms with Gasteiger partial charge in [-0.25, -0.2) is 0 Å². The average Bonchev–Trinajstić information content (AvgIpc) is 2.54. The molecule has 1 nitrogen and oxygen atoms in total. The molecule has 0 aliphatic heterocycles. The van der Waals surface area contributed by atoms with Crippen LogP contribution in [0.3, 0.4) is 0 Å². The molecule has 0 radical (unpaired) electrons. The van der Waals surface area contributed by atoms with Gasteiger partial charge >= 0.3 is 0 Å². The van der Waals surface area contributed by atoms with Crippen molar-refractivity contribution >= 4 is 5.57 Å². The van der Waals surface area contributed by atoms with Crippen molar-refractivity contribution in [3.05, 3.63) is 59.7 Å². The Bertz CT molecular complexity index is 447. The zero-order chi connectivity index (χ0) is 11.4. The second kappa shape index (κ2) is 4.84. The first kappa shape index (κ1) is 10.7. The quantitative estimate of drug-likeness (QED) is 0.720. The van der Waals surface area contributed by atoms with Crippen molar-refractivity contribution in [2.24, 2.45) is 0 Å². The fourth-order valence-corrected chi connectivity index (χ4v) is 1.75. The molecule has 0 aromatic heterocycles. The molecule has 1 aliphatic carbocycles. The summed E-state index contributed by atoms with van der Waals surface area (Å²) in [5.74, 6) is 0.903. The zero-order valence-electron chi connectivity index (χ0n) is 9.73. The van der Waals surface area contributed by atoms with Crippen molar-refractivity contribution in [1.82, 2.24) is 0 Å². The first-order chi connectivity index (χ1) is 7.79. The maximum Gasteiger partial charge on any atom is 0.118 e. The third-order valence-electron chi connectivity index (χ3n) is 2.73. The smallest absolute Gasteiger partial charge is 0.118 e. The highest BCUT2D eigenvalue weighted by atomic mass is 16.5. The Morgan fingerprint density at radius 2 is 1.81 bits per heavy atom. The van der Waals surface area contributed by atoms with E-state index in [-0.39, 0.29) is 0 Å². The molecule has 1 aliphatic rings. The van der Waals surface area contributed by atoms with Crippen LogP contribution in [0.2, 0.25) is 0 Å². The maximum atomic E-state index is 5.15. The van der Waals surface area contributed by atoms with Gasteiger partial charge in [0.15, 0.2) is 0 Å². The first-order valence-corrected chi connectivity index (χ1v) is 5.48. The summed E-state index contributed by atoms with van der Waals surface area (Å²) in [6.45, 7) is 2.12. The fourth-order valence-electron chi connectivity index (χ4n) is 1.75. The van der Waals surface area contributed by atoms with Gasteiger partial charge in [0.05, 0.1) is 7.11 Å². The van der Waals surface area contributed by atoms with Crippen molar-refractivity contribution in [3.8, 4) is 5.75 Å². The summed E-state index contributed by atoms with van der Waals surface area (Å²) < 4.78 is 5.15. The van der Waals surface area contributed by atoms with Crippen LogP contribution in [0.5, 0.6) is 5.75 Å². The second-order valence-corrected chi connectivity index (χ2v) is 3.94.